The van der Waals surface area contributed by atoms with E-state index in [1.807, 2.05) is 71.4 Å². The minimum atomic E-state index is -0.219. The molecular formula is C23H20N6O2S. The van der Waals surface area contributed by atoms with Crippen molar-refractivity contribution in [2.24, 2.45) is 5.10 Å². The molecule has 0 spiro atoms. The van der Waals surface area contributed by atoms with Crippen LogP contribution in [0.25, 0.3) is 11.4 Å². The van der Waals surface area contributed by atoms with E-state index >= 15 is 0 Å². The fraction of sp³-hybridized carbons (Fsp3) is 0.174. The average molecular weight is 445 g/mol. The van der Waals surface area contributed by atoms with Gasteiger partial charge in [0.2, 0.25) is 5.82 Å². The fourth-order valence-electron chi connectivity index (χ4n) is 3.64. The van der Waals surface area contributed by atoms with Crippen molar-refractivity contribution in [3.8, 4) is 17.1 Å². The Balaban J connectivity index is 1.41. The number of carbonyl (C=O) groups is 1. The molecule has 1 aliphatic heterocycles. The van der Waals surface area contributed by atoms with Gasteiger partial charge >= 0.3 is 0 Å². The summed E-state index contributed by atoms with van der Waals surface area (Å²) in [5.41, 5.74) is 3.74. The normalized spacial score (nSPS) is 15.6. The maximum absolute atomic E-state index is 13.3. The molecule has 1 atom stereocenters. The highest BCUT2D eigenvalue weighted by Gasteiger charge is 2.33. The van der Waals surface area contributed by atoms with Gasteiger partial charge in [0.25, 0.3) is 5.91 Å². The largest absolute Gasteiger partial charge is 0.497 e. The minimum absolute atomic E-state index is 0.0463. The quantitative estimate of drug-likeness (QED) is 0.452. The highest BCUT2D eigenvalue weighted by Crippen LogP contribution is 2.33. The van der Waals surface area contributed by atoms with E-state index in [0.29, 0.717) is 12.2 Å². The van der Waals surface area contributed by atoms with Crippen LogP contribution in [0.4, 0.5) is 0 Å². The Hall–Kier alpha value is -3.85. The van der Waals surface area contributed by atoms with Crippen LogP contribution in [0.15, 0.2) is 76.5 Å². The van der Waals surface area contributed by atoms with Crippen molar-refractivity contribution in [3.05, 3.63) is 82.6 Å². The van der Waals surface area contributed by atoms with Crippen molar-refractivity contribution < 1.29 is 9.53 Å². The molecule has 1 aliphatic rings. The summed E-state index contributed by atoms with van der Waals surface area (Å²) in [7, 11) is 1.63. The zero-order valence-electron chi connectivity index (χ0n) is 17.3. The van der Waals surface area contributed by atoms with Crippen LogP contribution >= 0.6 is 11.3 Å². The number of methoxy groups -OCH3 is 1. The van der Waals surface area contributed by atoms with Crippen LogP contribution in [0, 0.1) is 0 Å². The van der Waals surface area contributed by atoms with E-state index in [9.17, 15) is 4.79 Å². The van der Waals surface area contributed by atoms with Crippen LogP contribution in [0.5, 0.6) is 5.75 Å². The molecule has 0 radical (unpaired) electrons. The number of tetrazole rings is 1. The van der Waals surface area contributed by atoms with Gasteiger partial charge in [-0.25, -0.2) is 5.01 Å². The lowest BCUT2D eigenvalue weighted by Gasteiger charge is -2.22. The SMILES string of the molecule is COc1ccc(C2CC(c3ccccc3)=NN2C(=O)Cn2nnc(-c3ccsc3)n2)cc1. The van der Waals surface area contributed by atoms with E-state index < -0.39 is 0 Å². The first-order valence-electron chi connectivity index (χ1n) is 10.1. The molecule has 0 saturated heterocycles. The molecule has 4 aromatic rings. The molecule has 3 heterocycles. The van der Waals surface area contributed by atoms with Gasteiger partial charge in [-0.3, -0.25) is 4.79 Å². The first-order chi connectivity index (χ1) is 15.7. The second-order valence-electron chi connectivity index (χ2n) is 7.30. The number of nitrogens with zero attached hydrogens (tertiary/aromatic N) is 6. The molecule has 9 heteroatoms. The second kappa shape index (κ2) is 8.72. The van der Waals surface area contributed by atoms with Crippen molar-refractivity contribution in [1.82, 2.24) is 25.2 Å². The summed E-state index contributed by atoms with van der Waals surface area (Å²) in [5, 5.41) is 22.6. The van der Waals surface area contributed by atoms with Gasteiger partial charge in [-0.05, 0) is 39.9 Å². The van der Waals surface area contributed by atoms with Gasteiger partial charge in [0, 0.05) is 17.4 Å². The van der Waals surface area contributed by atoms with E-state index in [4.69, 9.17) is 9.84 Å². The topological polar surface area (TPSA) is 85.5 Å². The number of carbonyl (C=O) groups excluding carboxylic acids is 1. The molecule has 0 fully saturated rings. The van der Waals surface area contributed by atoms with E-state index in [-0.39, 0.29) is 18.5 Å². The monoisotopic (exact) mass is 444 g/mol. The van der Waals surface area contributed by atoms with Gasteiger partial charge in [0.05, 0.1) is 18.9 Å². The molecule has 0 N–H and O–H groups in total. The maximum Gasteiger partial charge on any atom is 0.266 e. The molecule has 160 valence electrons. The van der Waals surface area contributed by atoms with Crippen LogP contribution in [-0.4, -0.2) is 43.9 Å². The number of hydrogen-bond acceptors (Lipinski definition) is 7. The first kappa shape index (κ1) is 20.1. The third-order valence-corrected chi connectivity index (χ3v) is 5.97. The number of hydrogen-bond donors (Lipinski definition) is 0. The highest BCUT2D eigenvalue weighted by atomic mass is 32.1. The number of hydrazone groups is 1. The van der Waals surface area contributed by atoms with E-state index in [1.54, 1.807) is 18.4 Å². The lowest BCUT2D eigenvalue weighted by molar-refractivity contribution is -0.134. The fourth-order valence-corrected chi connectivity index (χ4v) is 4.28. The van der Waals surface area contributed by atoms with Crippen molar-refractivity contribution in [2.45, 2.75) is 19.0 Å². The highest BCUT2D eigenvalue weighted by molar-refractivity contribution is 7.08. The summed E-state index contributed by atoms with van der Waals surface area (Å²) >= 11 is 1.56. The third kappa shape index (κ3) is 4.02. The van der Waals surface area contributed by atoms with E-state index in [0.717, 1.165) is 28.2 Å². The zero-order valence-corrected chi connectivity index (χ0v) is 18.1. The lowest BCUT2D eigenvalue weighted by atomic mass is 9.98. The zero-order chi connectivity index (χ0) is 21.9. The number of rotatable bonds is 6. The first-order valence-corrected chi connectivity index (χ1v) is 11.0. The van der Waals surface area contributed by atoms with E-state index in [2.05, 4.69) is 15.4 Å². The number of thiophene rings is 1. The molecule has 2 aromatic carbocycles. The molecule has 1 amide bonds. The molecule has 0 bridgehead atoms. The molecule has 32 heavy (non-hydrogen) atoms. The van der Waals surface area contributed by atoms with Gasteiger partial charge in [0.1, 0.15) is 12.3 Å². The number of amides is 1. The summed E-state index contributed by atoms with van der Waals surface area (Å²) in [6, 6.07) is 19.3. The molecule has 1 unspecified atom stereocenters. The van der Waals surface area contributed by atoms with Gasteiger partial charge in [-0.15, -0.1) is 10.2 Å². The number of ether oxygens (including phenoxy) is 1. The van der Waals surface area contributed by atoms with E-state index in [1.165, 1.54) is 9.81 Å². The van der Waals surface area contributed by atoms with Crippen LogP contribution in [0.2, 0.25) is 0 Å². The average Bonchev–Trinajstić information content (AvgIpc) is 3.60. The molecule has 5 rings (SSSR count). The number of benzene rings is 2. The predicted octanol–water partition coefficient (Wildman–Crippen LogP) is 3.79. The summed E-state index contributed by atoms with van der Waals surface area (Å²) in [6.07, 6.45) is 0.618. The number of aromatic nitrogens is 4. The lowest BCUT2D eigenvalue weighted by Crippen LogP contribution is -2.31. The molecule has 0 aliphatic carbocycles. The van der Waals surface area contributed by atoms with Crippen LogP contribution in [0.1, 0.15) is 23.6 Å². The van der Waals surface area contributed by atoms with Crippen LogP contribution in [0.3, 0.4) is 0 Å². The molecule has 0 saturated carbocycles. The van der Waals surface area contributed by atoms with Crippen molar-refractivity contribution in [3.63, 3.8) is 0 Å². The Morgan fingerprint density at radius 1 is 1.09 bits per heavy atom. The standard InChI is InChI=1S/C23H20N6O2S/c1-31-19-9-7-17(8-10-19)21-13-20(16-5-3-2-4-6-16)25-29(21)22(30)14-28-26-23(24-27-28)18-11-12-32-15-18/h2-12,15,21H,13-14H2,1H3. The minimum Gasteiger partial charge on any atom is -0.497 e. The van der Waals surface area contributed by atoms with Gasteiger partial charge < -0.3 is 4.74 Å². The Kier molecular flexibility index (Phi) is 5.47. The summed E-state index contributed by atoms with van der Waals surface area (Å²) in [5.74, 6) is 1.06. The second-order valence-corrected chi connectivity index (χ2v) is 8.08. The Morgan fingerprint density at radius 2 is 1.91 bits per heavy atom. The molecule has 2 aromatic heterocycles. The van der Waals surface area contributed by atoms with Gasteiger partial charge in [-0.1, -0.05) is 42.5 Å². The van der Waals surface area contributed by atoms with Crippen molar-refractivity contribution >= 4 is 23.0 Å². The van der Waals surface area contributed by atoms with Crippen molar-refractivity contribution in [2.75, 3.05) is 7.11 Å². The van der Waals surface area contributed by atoms with Crippen molar-refractivity contribution in [1.29, 1.82) is 0 Å². The van der Waals surface area contributed by atoms with Crippen LogP contribution < -0.4 is 4.74 Å². The molecular weight excluding hydrogens is 424 g/mol. The Morgan fingerprint density at radius 3 is 2.62 bits per heavy atom. The van der Waals surface area contributed by atoms with Gasteiger partial charge in [-0.2, -0.15) is 21.2 Å². The Labute approximate surface area is 188 Å². The smallest absolute Gasteiger partial charge is 0.266 e. The summed E-state index contributed by atoms with van der Waals surface area (Å²) in [4.78, 5) is 14.6. The van der Waals surface area contributed by atoms with Crippen LogP contribution in [-0.2, 0) is 11.3 Å². The third-order valence-electron chi connectivity index (χ3n) is 5.28. The maximum atomic E-state index is 13.3. The summed E-state index contributed by atoms with van der Waals surface area (Å²) < 4.78 is 5.27. The van der Waals surface area contributed by atoms with Gasteiger partial charge in [0.15, 0.2) is 0 Å². The Bertz CT molecular complexity index is 1240. The summed E-state index contributed by atoms with van der Waals surface area (Å²) in [6.45, 7) is -0.0463. The predicted molar refractivity (Wildman–Crippen MR) is 121 cm³/mol. The molecule has 8 nitrogen and oxygen atoms in total.